The Bertz CT molecular complexity index is 1330. The standard InChI is InChI=1S/C27H24N2O5/c1-4-32-20-9-6-18(7-10-20)28-25-24(21-11-5-16(2)13-17(21)3)26(30)29(27(25)31)19-8-12-22-23(14-19)34-15-33-22/h5-14,28H,4,15H2,1-3H3. The first-order valence-electron chi connectivity index (χ1n) is 11.1. The number of hydrogen-bond acceptors (Lipinski definition) is 6. The van der Waals surface area contributed by atoms with Gasteiger partial charge in [-0.05, 0) is 68.3 Å². The number of aryl methyl sites for hydroxylation is 2. The lowest BCUT2D eigenvalue weighted by Gasteiger charge is -2.16. The van der Waals surface area contributed by atoms with Gasteiger partial charge in [-0.15, -0.1) is 0 Å². The number of imide groups is 1. The van der Waals surface area contributed by atoms with E-state index in [0.717, 1.165) is 16.9 Å². The topological polar surface area (TPSA) is 77.1 Å². The highest BCUT2D eigenvalue weighted by molar-refractivity contribution is 6.46. The van der Waals surface area contributed by atoms with Gasteiger partial charge in [-0.2, -0.15) is 0 Å². The number of hydrogen-bond donors (Lipinski definition) is 1. The summed E-state index contributed by atoms with van der Waals surface area (Å²) in [6.07, 6.45) is 0. The van der Waals surface area contributed by atoms with Gasteiger partial charge in [0.05, 0.1) is 17.9 Å². The molecule has 0 spiro atoms. The number of anilines is 2. The van der Waals surface area contributed by atoms with Crippen LogP contribution in [-0.2, 0) is 9.59 Å². The Hall–Kier alpha value is -4.26. The number of amides is 2. The monoisotopic (exact) mass is 456 g/mol. The van der Waals surface area contributed by atoms with Crippen molar-refractivity contribution in [3.05, 3.63) is 83.1 Å². The van der Waals surface area contributed by atoms with Gasteiger partial charge in [-0.1, -0.05) is 23.8 Å². The molecule has 0 unspecified atom stereocenters. The number of fused-ring (bicyclic) bond motifs is 1. The molecule has 2 aliphatic heterocycles. The van der Waals surface area contributed by atoms with Crippen LogP contribution in [0.25, 0.3) is 5.57 Å². The number of nitrogens with one attached hydrogen (secondary N) is 1. The summed E-state index contributed by atoms with van der Waals surface area (Å²) in [5.74, 6) is 0.974. The van der Waals surface area contributed by atoms with Crippen molar-refractivity contribution in [3.63, 3.8) is 0 Å². The van der Waals surface area contributed by atoms with Gasteiger partial charge in [0.1, 0.15) is 11.4 Å². The number of benzene rings is 3. The first-order chi connectivity index (χ1) is 16.5. The molecular weight excluding hydrogens is 432 g/mol. The molecule has 0 bridgehead atoms. The Morgan fingerprint density at radius 2 is 1.68 bits per heavy atom. The summed E-state index contributed by atoms with van der Waals surface area (Å²) in [6, 6.07) is 18.1. The van der Waals surface area contributed by atoms with E-state index in [0.29, 0.717) is 40.6 Å². The van der Waals surface area contributed by atoms with E-state index in [1.165, 1.54) is 4.90 Å². The van der Waals surface area contributed by atoms with E-state index < -0.39 is 11.8 Å². The van der Waals surface area contributed by atoms with Crippen LogP contribution in [0.1, 0.15) is 23.6 Å². The Labute approximate surface area is 197 Å². The van der Waals surface area contributed by atoms with Crippen molar-refractivity contribution in [2.24, 2.45) is 0 Å². The highest BCUT2D eigenvalue weighted by Gasteiger charge is 2.41. The third-order valence-corrected chi connectivity index (χ3v) is 5.78. The van der Waals surface area contributed by atoms with Crippen LogP contribution in [0, 0.1) is 13.8 Å². The predicted molar refractivity (Wildman–Crippen MR) is 129 cm³/mol. The minimum atomic E-state index is -0.437. The molecule has 1 N–H and O–H groups in total. The van der Waals surface area contributed by atoms with Crippen LogP contribution in [0.3, 0.4) is 0 Å². The van der Waals surface area contributed by atoms with Crippen LogP contribution in [-0.4, -0.2) is 25.2 Å². The Balaban J connectivity index is 1.58. The fraction of sp³-hybridized carbons (Fsp3) is 0.185. The number of ether oxygens (including phenoxy) is 3. The van der Waals surface area contributed by atoms with Crippen molar-refractivity contribution < 1.29 is 23.8 Å². The van der Waals surface area contributed by atoms with Crippen LogP contribution in [0.2, 0.25) is 0 Å². The molecule has 0 atom stereocenters. The van der Waals surface area contributed by atoms with Gasteiger partial charge in [0.15, 0.2) is 11.5 Å². The van der Waals surface area contributed by atoms with Crippen molar-refractivity contribution in [3.8, 4) is 17.2 Å². The number of nitrogens with zero attached hydrogens (tertiary/aromatic N) is 1. The largest absolute Gasteiger partial charge is 0.494 e. The molecule has 5 rings (SSSR count). The van der Waals surface area contributed by atoms with Gasteiger partial charge in [0, 0.05) is 11.8 Å². The van der Waals surface area contributed by atoms with Crippen LogP contribution >= 0.6 is 0 Å². The second-order valence-corrected chi connectivity index (χ2v) is 8.13. The molecule has 172 valence electrons. The lowest BCUT2D eigenvalue weighted by molar-refractivity contribution is -0.120. The van der Waals surface area contributed by atoms with E-state index in [4.69, 9.17) is 14.2 Å². The van der Waals surface area contributed by atoms with Crippen molar-refractivity contribution in [1.82, 2.24) is 0 Å². The SMILES string of the molecule is CCOc1ccc(NC2=C(c3ccc(C)cc3C)C(=O)N(c3ccc4c(c3)OCO4)C2=O)cc1. The molecule has 0 saturated heterocycles. The molecule has 7 nitrogen and oxygen atoms in total. The van der Waals surface area contributed by atoms with E-state index in [9.17, 15) is 9.59 Å². The van der Waals surface area contributed by atoms with Gasteiger partial charge >= 0.3 is 0 Å². The van der Waals surface area contributed by atoms with Crippen molar-refractivity contribution in [2.75, 3.05) is 23.6 Å². The first kappa shape index (κ1) is 21.6. The molecule has 2 heterocycles. The second-order valence-electron chi connectivity index (χ2n) is 8.13. The predicted octanol–water partition coefficient (Wildman–Crippen LogP) is 4.83. The number of carbonyl (C=O) groups excluding carboxylic acids is 2. The molecule has 0 fully saturated rings. The molecule has 0 radical (unpaired) electrons. The zero-order valence-corrected chi connectivity index (χ0v) is 19.2. The maximum absolute atomic E-state index is 13.7. The highest BCUT2D eigenvalue weighted by Crippen LogP contribution is 2.40. The third-order valence-electron chi connectivity index (χ3n) is 5.78. The van der Waals surface area contributed by atoms with E-state index >= 15 is 0 Å². The molecule has 3 aromatic carbocycles. The number of rotatable bonds is 6. The van der Waals surface area contributed by atoms with Gasteiger partial charge in [0.25, 0.3) is 11.8 Å². The van der Waals surface area contributed by atoms with Crippen LogP contribution in [0.4, 0.5) is 11.4 Å². The van der Waals surface area contributed by atoms with Gasteiger partial charge in [0.2, 0.25) is 6.79 Å². The lowest BCUT2D eigenvalue weighted by atomic mass is 9.97. The molecule has 7 heteroatoms. The zero-order valence-electron chi connectivity index (χ0n) is 19.2. The molecular formula is C27H24N2O5. The Kier molecular flexibility index (Phi) is 5.45. The summed E-state index contributed by atoms with van der Waals surface area (Å²) in [6.45, 7) is 6.51. The minimum Gasteiger partial charge on any atom is -0.494 e. The van der Waals surface area contributed by atoms with Crippen LogP contribution in [0.15, 0.2) is 66.4 Å². The summed E-state index contributed by atoms with van der Waals surface area (Å²) in [5.41, 5.74) is 4.34. The average molecular weight is 456 g/mol. The molecule has 0 aliphatic carbocycles. The van der Waals surface area contributed by atoms with Gasteiger partial charge in [-0.3, -0.25) is 9.59 Å². The fourth-order valence-corrected chi connectivity index (χ4v) is 4.19. The van der Waals surface area contributed by atoms with Crippen LogP contribution < -0.4 is 24.4 Å². The van der Waals surface area contributed by atoms with E-state index in [-0.39, 0.29) is 12.5 Å². The number of carbonyl (C=O) groups is 2. The molecule has 3 aromatic rings. The summed E-state index contributed by atoms with van der Waals surface area (Å²) in [5, 5.41) is 3.19. The minimum absolute atomic E-state index is 0.108. The van der Waals surface area contributed by atoms with E-state index in [2.05, 4.69) is 5.32 Å². The second kappa shape index (κ2) is 8.59. The molecule has 0 aromatic heterocycles. The van der Waals surface area contributed by atoms with Crippen molar-refractivity contribution in [2.45, 2.75) is 20.8 Å². The van der Waals surface area contributed by atoms with Crippen molar-refractivity contribution in [1.29, 1.82) is 0 Å². The molecule has 34 heavy (non-hydrogen) atoms. The maximum Gasteiger partial charge on any atom is 0.282 e. The fourth-order valence-electron chi connectivity index (χ4n) is 4.19. The summed E-state index contributed by atoms with van der Waals surface area (Å²) < 4.78 is 16.3. The van der Waals surface area contributed by atoms with E-state index in [1.807, 2.05) is 63.2 Å². The third kappa shape index (κ3) is 3.75. The van der Waals surface area contributed by atoms with Crippen LogP contribution in [0.5, 0.6) is 17.2 Å². The average Bonchev–Trinajstić information content (AvgIpc) is 3.38. The first-order valence-corrected chi connectivity index (χ1v) is 11.1. The Morgan fingerprint density at radius 3 is 2.41 bits per heavy atom. The summed E-state index contributed by atoms with van der Waals surface area (Å²) in [7, 11) is 0. The van der Waals surface area contributed by atoms with Crippen molar-refractivity contribution >= 4 is 28.8 Å². The van der Waals surface area contributed by atoms with E-state index in [1.54, 1.807) is 18.2 Å². The normalized spacial score (nSPS) is 14.7. The smallest absolute Gasteiger partial charge is 0.282 e. The Morgan fingerprint density at radius 1 is 0.912 bits per heavy atom. The lowest BCUT2D eigenvalue weighted by Crippen LogP contribution is -2.32. The molecule has 0 saturated carbocycles. The van der Waals surface area contributed by atoms with Gasteiger partial charge in [-0.25, -0.2) is 4.90 Å². The molecule has 2 amide bonds. The zero-order chi connectivity index (χ0) is 23.8. The van der Waals surface area contributed by atoms with Gasteiger partial charge < -0.3 is 19.5 Å². The summed E-state index contributed by atoms with van der Waals surface area (Å²) in [4.78, 5) is 28.5. The summed E-state index contributed by atoms with van der Waals surface area (Å²) >= 11 is 0. The maximum atomic E-state index is 13.7. The highest BCUT2D eigenvalue weighted by atomic mass is 16.7. The quantitative estimate of drug-likeness (QED) is 0.536. The molecule has 2 aliphatic rings.